The van der Waals surface area contributed by atoms with Gasteiger partial charge in [0.2, 0.25) is 17.7 Å². The van der Waals surface area contributed by atoms with Crippen LogP contribution in [0.2, 0.25) is 0 Å². The van der Waals surface area contributed by atoms with Crippen molar-refractivity contribution in [3.63, 3.8) is 0 Å². The first kappa shape index (κ1) is 19.6. The maximum absolute atomic E-state index is 11.7. The predicted molar refractivity (Wildman–Crippen MR) is 91.6 cm³/mol. The largest absolute Gasteiger partial charge is 0.384 e. The molecule has 24 heavy (non-hydrogen) atoms. The molecular weight excluding hydrogens is 310 g/mol. The minimum absolute atomic E-state index is 0.0872. The number of ether oxygens (including phenoxy) is 1. The van der Waals surface area contributed by atoms with Crippen molar-refractivity contribution in [1.82, 2.24) is 10.6 Å². The second kappa shape index (κ2) is 11.2. The van der Waals surface area contributed by atoms with Gasteiger partial charge >= 0.3 is 0 Å². The first-order valence-corrected chi connectivity index (χ1v) is 7.90. The van der Waals surface area contributed by atoms with E-state index in [1.54, 1.807) is 14.2 Å². The molecule has 3 N–H and O–H groups in total. The zero-order valence-corrected chi connectivity index (χ0v) is 14.2. The molecule has 1 aromatic carbocycles. The Balaban J connectivity index is 2.30. The minimum Gasteiger partial charge on any atom is -0.384 e. The third-order valence-corrected chi connectivity index (χ3v) is 3.36. The van der Waals surface area contributed by atoms with Crippen molar-refractivity contribution < 1.29 is 19.1 Å². The Kier molecular flexibility index (Phi) is 9.14. The van der Waals surface area contributed by atoms with E-state index in [9.17, 15) is 14.4 Å². The zero-order chi connectivity index (χ0) is 17.8. The van der Waals surface area contributed by atoms with E-state index in [0.717, 1.165) is 11.3 Å². The molecule has 0 fully saturated rings. The van der Waals surface area contributed by atoms with Gasteiger partial charge in [-0.25, -0.2) is 0 Å². The molecule has 132 valence electrons. The number of rotatable bonds is 10. The lowest BCUT2D eigenvalue weighted by Crippen LogP contribution is -2.29. The lowest BCUT2D eigenvalue weighted by molar-refractivity contribution is -0.122. The number of carbonyl (C=O) groups excluding carboxylic acids is 3. The topological polar surface area (TPSA) is 96.5 Å². The number of hydrogen-bond acceptors (Lipinski definition) is 4. The van der Waals surface area contributed by atoms with Crippen LogP contribution in [0.1, 0.15) is 24.8 Å². The Morgan fingerprint density at radius 1 is 0.958 bits per heavy atom. The third kappa shape index (κ3) is 8.28. The number of carbonyl (C=O) groups is 3. The van der Waals surface area contributed by atoms with Gasteiger partial charge in [0.15, 0.2) is 0 Å². The van der Waals surface area contributed by atoms with E-state index in [1.807, 2.05) is 24.3 Å². The maximum atomic E-state index is 11.7. The third-order valence-electron chi connectivity index (χ3n) is 3.36. The lowest BCUT2D eigenvalue weighted by Gasteiger charge is -2.07. The van der Waals surface area contributed by atoms with E-state index in [4.69, 9.17) is 4.74 Å². The van der Waals surface area contributed by atoms with Crippen LogP contribution in [0.4, 0.5) is 5.69 Å². The van der Waals surface area contributed by atoms with Gasteiger partial charge in [0, 0.05) is 39.2 Å². The summed E-state index contributed by atoms with van der Waals surface area (Å²) in [6.07, 6.45) is 1.55. The summed E-state index contributed by atoms with van der Waals surface area (Å²) in [6.45, 7) is 0.726. The van der Waals surface area contributed by atoms with Crippen LogP contribution in [0, 0.1) is 0 Å². The fourth-order valence-corrected chi connectivity index (χ4v) is 1.96. The summed E-state index contributed by atoms with van der Waals surface area (Å²) >= 11 is 0. The highest BCUT2D eigenvalue weighted by Crippen LogP contribution is 2.11. The lowest BCUT2D eigenvalue weighted by atomic mass is 10.1. The molecule has 1 aromatic rings. The predicted octanol–water partition coefficient (Wildman–Crippen LogP) is 0.847. The van der Waals surface area contributed by atoms with Crippen LogP contribution in [-0.2, 0) is 25.5 Å². The van der Waals surface area contributed by atoms with Gasteiger partial charge < -0.3 is 20.7 Å². The quantitative estimate of drug-likeness (QED) is 0.590. The smallest absolute Gasteiger partial charge is 0.226 e. The molecule has 0 bridgehead atoms. The van der Waals surface area contributed by atoms with Crippen LogP contribution in [0.25, 0.3) is 0 Å². The van der Waals surface area contributed by atoms with E-state index in [1.165, 1.54) is 0 Å². The average molecular weight is 335 g/mol. The second-order valence-electron chi connectivity index (χ2n) is 5.26. The molecular formula is C17H25N3O4. The van der Waals surface area contributed by atoms with Gasteiger partial charge in [0.05, 0.1) is 13.0 Å². The SMILES string of the molecule is CNC(=O)CCNC(=O)CCc1ccc(NC(=O)CCOC)cc1. The van der Waals surface area contributed by atoms with Gasteiger partial charge in [0.25, 0.3) is 0 Å². The van der Waals surface area contributed by atoms with Crippen molar-refractivity contribution >= 4 is 23.4 Å². The van der Waals surface area contributed by atoms with Crippen LogP contribution >= 0.6 is 0 Å². The highest BCUT2D eigenvalue weighted by molar-refractivity contribution is 5.90. The van der Waals surface area contributed by atoms with Crippen LogP contribution in [-0.4, -0.2) is 45.0 Å². The highest BCUT2D eigenvalue weighted by atomic mass is 16.5. The van der Waals surface area contributed by atoms with Gasteiger partial charge in [-0.05, 0) is 24.1 Å². The van der Waals surface area contributed by atoms with Crippen molar-refractivity contribution in [2.75, 3.05) is 32.6 Å². The van der Waals surface area contributed by atoms with Crippen molar-refractivity contribution in [3.05, 3.63) is 29.8 Å². The molecule has 0 atom stereocenters. The Hall–Kier alpha value is -2.41. The molecule has 0 aliphatic carbocycles. The summed E-state index contributed by atoms with van der Waals surface area (Å²) in [4.78, 5) is 34.3. The van der Waals surface area contributed by atoms with E-state index in [0.29, 0.717) is 32.4 Å². The highest BCUT2D eigenvalue weighted by Gasteiger charge is 2.05. The van der Waals surface area contributed by atoms with Gasteiger partial charge in [-0.15, -0.1) is 0 Å². The molecule has 0 saturated heterocycles. The molecule has 7 heteroatoms. The minimum atomic E-state index is -0.0987. The number of amides is 3. The molecule has 0 unspecified atom stereocenters. The normalized spacial score (nSPS) is 10.1. The van der Waals surface area contributed by atoms with Crippen LogP contribution in [0.5, 0.6) is 0 Å². The summed E-state index contributed by atoms with van der Waals surface area (Å²) in [7, 11) is 3.12. The summed E-state index contributed by atoms with van der Waals surface area (Å²) < 4.78 is 4.85. The van der Waals surface area contributed by atoms with Crippen molar-refractivity contribution in [2.45, 2.75) is 25.7 Å². The molecule has 0 aliphatic rings. The van der Waals surface area contributed by atoms with E-state index in [-0.39, 0.29) is 24.1 Å². The Labute approximate surface area is 142 Å². The average Bonchev–Trinajstić information content (AvgIpc) is 2.59. The molecule has 0 radical (unpaired) electrons. The number of nitrogens with one attached hydrogen (secondary N) is 3. The monoisotopic (exact) mass is 335 g/mol. The Morgan fingerprint density at radius 2 is 1.67 bits per heavy atom. The molecule has 0 saturated carbocycles. The molecule has 0 spiro atoms. The Bertz CT molecular complexity index is 543. The fraction of sp³-hybridized carbons (Fsp3) is 0.471. The van der Waals surface area contributed by atoms with Crippen LogP contribution < -0.4 is 16.0 Å². The number of methoxy groups -OCH3 is 1. The Morgan fingerprint density at radius 3 is 2.29 bits per heavy atom. The molecule has 0 heterocycles. The van der Waals surface area contributed by atoms with E-state index >= 15 is 0 Å². The first-order chi connectivity index (χ1) is 11.5. The molecule has 0 aromatic heterocycles. The molecule has 7 nitrogen and oxygen atoms in total. The van der Waals surface area contributed by atoms with Gasteiger partial charge in [-0.2, -0.15) is 0 Å². The van der Waals surface area contributed by atoms with E-state index in [2.05, 4.69) is 16.0 Å². The number of anilines is 1. The number of benzene rings is 1. The zero-order valence-electron chi connectivity index (χ0n) is 14.2. The summed E-state index contributed by atoms with van der Waals surface area (Å²) in [5.74, 6) is -0.283. The summed E-state index contributed by atoms with van der Waals surface area (Å²) in [6, 6.07) is 7.38. The fourth-order valence-electron chi connectivity index (χ4n) is 1.96. The van der Waals surface area contributed by atoms with Crippen LogP contribution in [0.3, 0.4) is 0 Å². The molecule has 1 rings (SSSR count). The maximum Gasteiger partial charge on any atom is 0.226 e. The van der Waals surface area contributed by atoms with Crippen LogP contribution in [0.15, 0.2) is 24.3 Å². The summed E-state index contributed by atoms with van der Waals surface area (Å²) in [5.41, 5.74) is 1.72. The van der Waals surface area contributed by atoms with E-state index < -0.39 is 0 Å². The van der Waals surface area contributed by atoms with Crippen molar-refractivity contribution in [2.24, 2.45) is 0 Å². The molecule has 0 aliphatic heterocycles. The number of hydrogen-bond donors (Lipinski definition) is 3. The number of aryl methyl sites for hydroxylation is 1. The summed E-state index contributed by atoms with van der Waals surface area (Å²) in [5, 5.41) is 7.98. The van der Waals surface area contributed by atoms with Gasteiger partial charge in [-0.3, -0.25) is 14.4 Å². The van der Waals surface area contributed by atoms with Crippen molar-refractivity contribution in [1.29, 1.82) is 0 Å². The van der Waals surface area contributed by atoms with Gasteiger partial charge in [-0.1, -0.05) is 12.1 Å². The molecule has 3 amide bonds. The second-order valence-corrected chi connectivity index (χ2v) is 5.26. The van der Waals surface area contributed by atoms with Crippen molar-refractivity contribution in [3.8, 4) is 0 Å². The van der Waals surface area contributed by atoms with Gasteiger partial charge in [0.1, 0.15) is 0 Å². The first-order valence-electron chi connectivity index (χ1n) is 7.90. The standard InChI is InChI=1S/C17H25N3O4/c1-18-15(21)9-11-19-16(22)8-5-13-3-6-14(7-4-13)20-17(23)10-12-24-2/h3-4,6-7H,5,8-12H2,1-2H3,(H,18,21)(H,19,22)(H,20,23).